The summed E-state index contributed by atoms with van der Waals surface area (Å²) in [7, 11) is -4.25. The maximum absolute atomic E-state index is 12.5. The molecule has 0 amide bonds. The summed E-state index contributed by atoms with van der Waals surface area (Å²) < 4.78 is 45.1. The normalized spacial score (nSPS) is 25.7. The molecule has 1 fully saturated rings. The van der Waals surface area contributed by atoms with Crippen molar-refractivity contribution in [3.05, 3.63) is 29.8 Å². The molecule has 0 aliphatic carbocycles. The molecule has 0 aromatic heterocycles. The van der Waals surface area contributed by atoms with Crippen LogP contribution >= 0.6 is 0 Å². The second kappa shape index (κ2) is 8.12. The van der Waals surface area contributed by atoms with Gasteiger partial charge in [-0.2, -0.15) is 8.42 Å². The number of benzene rings is 1. The lowest BCUT2D eigenvalue weighted by Gasteiger charge is -2.22. The fourth-order valence-electron chi connectivity index (χ4n) is 2.38. The SMILES string of the molecule is CC(=O)OC[C@H]1OC(O)[C@H](OC(C)=O)[C@H]1OS(=O)(=O)c1ccc(C)cc1. The zero-order valence-electron chi connectivity index (χ0n) is 14.4. The van der Waals surface area contributed by atoms with Crippen molar-refractivity contribution in [1.29, 1.82) is 0 Å². The molecule has 1 heterocycles. The number of rotatable bonds is 6. The smallest absolute Gasteiger partial charge is 0.303 e. The average molecular weight is 388 g/mol. The Labute approximate surface area is 150 Å². The molecule has 1 N–H and O–H groups in total. The van der Waals surface area contributed by atoms with Gasteiger partial charge in [0.05, 0.1) is 4.90 Å². The van der Waals surface area contributed by atoms with Crippen LogP contribution < -0.4 is 0 Å². The van der Waals surface area contributed by atoms with Crippen LogP contribution in [0.5, 0.6) is 0 Å². The van der Waals surface area contributed by atoms with Crippen molar-refractivity contribution < 1.29 is 41.5 Å². The van der Waals surface area contributed by atoms with E-state index < -0.39 is 46.7 Å². The molecular formula is C16H20O9S. The quantitative estimate of drug-likeness (QED) is 0.540. The minimum atomic E-state index is -4.25. The van der Waals surface area contributed by atoms with Gasteiger partial charge in [0.2, 0.25) is 0 Å². The van der Waals surface area contributed by atoms with Crippen LogP contribution in [0.2, 0.25) is 0 Å². The van der Waals surface area contributed by atoms with Gasteiger partial charge >= 0.3 is 11.9 Å². The molecule has 0 spiro atoms. The highest BCUT2D eigenvalue weighted by atomic mass is 32.2. The summed E-state index contributed by atoms with van der Waals surface area (Å²) in [6.45, 7) is 3.67. The van der Waals surface area contributed by atoms with Crippen LogP contribution in [0.3, 0.4) is 0 Å². The van der Waals surface area contributed by atoms with Gasteiger partial charge < -0.3 is 19.3 Å². The van der Waals surface area contributed by atoms with Crippen molar-refractivity contribution in [3.63, 3.8) is 0 Å². The molecular weight excluding hydrogens is 368 g/mol. The second-order valence-corrected chi connectivity index (χ2v) is 7.34. The van der Waals surface area contributed by atoms with Crippen LogP contribution in [-0.2, 0) is 38.1 Å². The number of carbonyl (C=O) groups excluding carboxylic acids is 2. The number of aryl methyl sites for hydroxylation is 1. The van der Waals surface area contributed by atoms with Crippen molar-refractivity contribution in [1.82, 2.24) is 0 Å². The minimum Gasteiger partial charge on any atom is -0.463 e. The van der Waals surface area contributed by atoms with Crippen LogP contribution in [-0.4, -0.2) is 56.7 Å². The molecule has 2 rings (SSSR count). The zero-order chi connectivity index (χ0) is 19.5. The first-order chi connectivity index (χ1) is 12.1. The summed E-state index contributed by atoms with van der Waals surface area (Å²) in [6, 6.07) is 5.91. The number of hydrogen-bond donors (Lipinski definition) is 1. The van der Waals surface area contributed by atoms with Crippen molar-refractivity contribution in [2.45, 2.75) is 50.3 Å². The average Bonchev–Trinajstić information content (AvgIpc) is 2.81. The first-order valence-electron chi connectivity index (χ1n) is 7.74. The molecule has 1 aromatic carbocycles. The molecule has 1 aliphatic rings. The fourth-order valence-corrected chi connectivity index (χ4v) is 3.49. The number of esters is 2. The summed E-state index contributed by atoms with van der Waals surface area (Å²) in [5, 5.41) is 9.93. The van der Waals surface area contributed by atoms with Crippen molar-refractivity contribution in [3.8, 4) is 0 Å². The van der Waals surface area contributed by atoms with E-state index in [1.807, 2.05) is 0 Å². The largest absolute Gasteiger partial charge is 0.463 e. The van der Waals surface area contributed by atoms with Gasteiger partial charge in [-0.25, -0.2) is 0 Å². The summed E-state index contributed by atoms with van der Waals surface area (Å²) in [5.74, 6) is -1.38. The Morgan fingerprint density at radius 1 is 1.12 bits per heavy atom. The molecule has 26 heavy (non-hydrogen) atoms. The molecule has 1 aliphatic heterocycles. The van der Waals surface area contributed by atoms with Crippen LogP contribution in [0.15, 0.2) is 29.2 Å². The third kappa shape index (κ3) is 5.01. The lowest BCUT2D eigenvalue weighted by molar-refractivity contribution is -0.171. The number of hydrogen-bond acceptors (Lipinski definition) is 9. The van der Waals surface area contributed by atoms with Crippen LogP contribution in [0.25, 0.3) is 0 Å². The highest BCUT2D eigenvalue weighted by molar-refractivity contribution is 7.86. The molecule has 4 atom stereocenters. The molecule has 1 saturated heterocycles. The summed E-state index contributed by atoms with van der Waals surface area (Å²) in [6.07, 6.45) is -5.55. The van der Waals surface area contributed by atoms with Crippen LogP contribution in [0.1, 0.15) is 19.4 Å². The first-order valence-corrected chi connectivity index (χ1v) is 9.15. The molecule has 0 radical (unpaired) electrons. The minimum absolute atomic E-state index is 0.114. The van der Waals surface area contributed by atoms with Gasteiger partial charge in [0.25, 0.3) is 10.1 Å². The lowest BCUT2D eigenvalue weighted by atomic mass is 10.1. The van der Waals surface area contributed by atoms with Gasteiger partial charge in [-0.3, -0.25) is 13.8 Å². The Morgan fingerprint density at radius 2 is 1.73 bits per heavy atom. The van der Waals surface area contributed by atoms with Gasteiger partial charge in [0.15, 0.2) is 12.4 Å². The van der Waals surface area contributed by atoms with Gasteiger partial charge in [-0.15, -0.1) is 0 Å². The fraction of sp³-hybridized carbons (Fsp3) is 0.500. The second-order valence-electron chi connectivity index (χ2n) is 5.77. The van der Waals surface area contributed by atoms with Crippen molar-refractivity contribution in [2.75, 3.05) is 6.61 Å². The predicted octanol–water partition coefficient (Wildman–Crippen LogP) is 0.281. The van der Waals surface area contributed by atoms with Crippen molar-refractivity contribution in [2.24, 2.45) is 0 Å². The molecule has 9 nitrogen and oxygen atoms in total. The molecule has 10 heteroatoms. The Hall–Kier alpha value is -2.01. The van der Waals surface area contributed by atoms with E-state index >= 15 is 0 Å². The summed E-state index contributed by atoms with van der Waals surface area (Å²) in [4.78, 5) is 22.1. The number of carbonyl (C=O) groups is 2. The van der Waals surface area contributed by atoms with Gasteiger partial charge in [0.1, 0.15) is 18.8 Å². The Bertz CT molecular complexity index is 756. The summed E-state index contributed by atoms with van der Waals surface area (Å²) in [5.41, 5.74) is 0.856. The molecule has 1 aromatic rings. The predicted molar refractivity (Wildman–Crippen MR) is 86.3 cm³/mol. The topological polar surface area (TPSA) is 125 Å². The van der Waals surface area contributed by atoms with E-state index in [4.69, 9.17) is 18.4 Å². The van der Waals surface area contributed by atoms with Crippen LogP contribution in [0, 0.1) is 6.92 Å². The highest BCUT2D eigenvalue weighted by Crippen LogP contribution is 2.29. The van der Waals surface area contributed by atoms with Gasteiger partial charge in [0, 0.05) is 13.8 Å². The van der Waals surface area contributed by atoms with E-state index in [1.165, 1.54) is 12.1 Å². The number of aliphatic hydroxyl groups is 1. The lowest BCUT2D eigenvalue weighted by Crippen LogP contribution is -2.41. The molecule has 1 unspecified atom stereocenters. The monoisotopic (exact) mass is 388 g/mol. The third-order valence-electron chi connectivity index (χ3n) is 3.59. The highest BCUT2D eigenvalue weighted by Gasteiger charge is 2.50. The first kappa shape index (κ1) is 20.3. The Balaban J connectivity index is 2.26. The van der Waals surface area contributed by atoms with E-state index in [9.17, 15) is 23.1 Å². The van der Waals surface area contributed by atoms with Gasteiger partial charge in [-0.1, -0.05) is 17.7 Å². The van der Waals surface area contributed by atoms with E-state index in [0.29, 0.717) is 0 Å². The van der Waals surface area contributed by atoms with Crippen molar-refractivity contribution >= 4 is 22.1 Å². The zero-order valence-corrected chi connectivity index (χ0v) is 15.3. The van der Waals surface area contributed by atoms with E-state index in [0.717, 1.165) is 19.4 Å². The number of ether oxygens (including phenoxy) is 3. The van der Waals surface area contributed by atoms with E-state index in [2.05, 4.69) is 0 Å². The Morgan fingerprint density at radius 3 is 2.27 bits per heavy atom. The maximum atomic E-state index is 12.5. The molecule has 0 saturated carbocycles. The molecule has 144 valence electrons. The molecule has 0 bridgehead atoms. The van der Waals surface area contributed by atoms with E-state index in [-0.39, 0.29) is 11.5 Å². The van der Waals surface area contributed by atoms with E-state index in [1.54, 1.807) is 19.1 Å². The van der Waals surface area contributed by atoms with Crippen LogP contribution in [0.4, 0.5) is 0 Å². The standard InChI is InChI=1S/C16H20O9S/c1-9-4-6-12(7-5-9)26(20,21)25-14-13(8-22-10(2)17)24-16(19)15(14)23-11(3)18/h4-7,13-16,19H,8H2,1-3H3/t13-,14+,15-,16?/m1/s1. The summed E-state index contributed by atoms with van der Waals surface area (Å²) >= 11 is 0. The maximum Gasteiger partial charge on any atom is 0.303 e. The third-order valence-corrected chi connectivity index (χ3v) is 4.91. The van der Waals surface area contributed by atoms with Gasteiger partial charge in [-0.05, 0) is 19.1 Å². The Kier molecular flexibility index (Phi) is 6.34. The number of aliphatic hydroxyl groups excluding tert-OH is 1.